The van der Waals surface area contributed by atoms with Gasteiger partial charge in [0.1, 0.15) is 17.7 Å². The van der Waals surface area contributed by atoms with Crippen LogP contribution >= 0.6 is 0 Å². The molecule has 2 fully saturated rings. The predicted octanol–water partition coefficient (Wildman–Crippen LogP) is 0.849. The van der Waals surface area contributed by atoms with Gasteiger partial charge in [-0.1, -0.05) is 30.3 Å². The maximum absolute atomic E-state index is 13.9. The molecule has 2 aliphatic rings. The van der Waals surface area contributed by atoms with Gasteiger partial charge in [0.25, 0.3) is 0 Å². The molecule has 210 valence electrons. The van der Waals surface area contributed by atoms with Gasteiger partial charge in [-0.25, -0.2) is 8.78 Å². The van der Waals surface area contributed by atoms with Crippen molar-refractivity contribution >= 4 is 17.7 Å². The van der Waals surface area contributed by atoms with E-state index in [1.165, 1.54) is 12.0 Å². The maximum Gasteiger partial charge on any atom is 0.242 e. The van der Waals surface area contributed by atoms with Gasteiger partial charge >= 0.3 is 0 Å². The summed E-state index contributed by atoms with van der Waals surface area (Å²) in [4.78, 5) is 42.1. The summed E-state index contributed by atoms with van der Waals surface area (Å²) in [5.41, 5.74) is 1.15. The average Bonchev–Trinajstić information content (AvgIpc) is 3.28. The van der Waals surface area contributed by atoms with E-state index in [2.05, 4.69) is 10.6 Å². The number of methoxy groups -OCH3 is 1. The number of halogens is 2. The van der Waals surface area contributed by atoms with Crippen molar-refractivity contribution in [2.45, 2.75) is 37.6 Å². The lowest BCUT2D eigenvalue weighted by molar-refractivity contribution is -0.141. The third kappa shape index (κ3) is 7.37. The van der Waals surface area contributed by atoms with E-state index in [9.17, 15) is 28.3 Å². The molecule has 0 bridgehead atoms. The Balaban J connectivity index is 1.51. The summed E-state index contributed by atoms with van der Waals surface area (Å²) >= 11 is 0. The molecule has 0 spiro atoms. The van der Waals surface area contributed by atoms with Crippen LogP contribution in [0.1, 0.15) is 17.5 Å². The van der Waals surface area contributed by atoms with Gasteiger partial charge in [0.2, 0.25) is 17.7 Å². The van der Waals surface area contributed by atoms with Crippen LogP contribution in [0.4, 0.5) is 8.78 Å². The molecular formula is C28H34F2N4O5. The number of hydrogen-bond acceptors (Lipinski definition) is 6. The highest BCUT2D eigenvalue weighted by molar-refractivity contribution is 5.89. The standard InChI is InChI=1S/C28H34F2N4O5/c1-39-10-9-33-17-20(14-24(33)35)27(37)32-23(13-19-11-21(29)15-22(30)12-19)26(36)25-28(38)34(8-7-31-25)16-18-5-3-2-4-6-18/h2-6,11-12,15,20,23,25-26,31,36H,7-10,13-14,16-17H2,1H3,(H,32,37)/t20?,23-,25-,26-/m0/s1. The molecule has 3 amide bonds. The zero-order chi connectivity index (χ0) is 27.9. The van der Waals surface area contributed by atoms with Crippen molar-refractivity contribution in [1.82, 2.24) is 20.4 Å². The monoisotopic (exact) mass is 544 g/mol. The van der Waals surface area contributed by atoms with Gasteiger partial charge in [-0.15, -0.1) is 0 Å². The minimum absolute atomic E-state index is 0.00157. The Labute approximate surface area is 226 Å². The first-order valence-electron chi connectivity index (χ1n) is 13.0. The number of rotatable bonds is 11. The van der Waals surface area contributed by atoms with Crippen LogP contribution in [0, 0.1) is 17.6 Å². The van der Waals surface area contributed by atoms with E-state index < -0.39 is 41.6 Å². The average molecular weight is 545 g/mol. The predicted molar refractivity (Wildman–Crippen MR) is 138 cm³/mol. The van der Waals surface area contributed by atoms with Gasteiger partial charge in [-0.3, -0.25) is 14.4 Å². The van der Waals surface area contributed by atoms with E-state index in [4.69, 9.17) is 4.74 Å². The molecule has 39 heavy (non-hydrogen) atoms. The summed E-state index contributed by atoms with van der Waals surface area (Å²) in [7, 11) is 1.52. The number of amides is 3. The molecule has 2 heterocycles. The third-order valence-corrected chi connectivity index (χ3v) is 7.15. The van der Waals surface area contributed by atoms with Gasteiger partial charge in [0.05, 0.1) is 24.7 Å². The Morgan fingerprint density at radius 2 is 1.85 bits per heavy atom. The number of aliphatic hydroxyl groups excluding tert-OH is 1. The molecule has 2 saturated heterocycles. The molecule has 0 saturated carbocycles. The SMILES string of the molecule is COCCN1CC(C(=O)N[C@@H](Cc2cc(F)cc(F)c2)[C@H](O)[C@@H]2NCCN(Cc3ccccc3)C2=O)CC1=O. The molecule has 2 aromatic carbocycles. The van der Waals surface area contributed by atoms with E-state index in [1.807, 2.05) is 30.3 Å². The van der Waals surface area contributed by atoms with Crippen LogP contribution in [-0.4, -0.2) is 90.7 Å². The number of carbonyl (C=O) groups is 3. The first-order valence-corrected chi connectivity index (χ1v) is 13.0. The number of piperazine rings is 1. The number of likely N-dealkylation sites (tertiary alicyclic amines) is 1. The molecule has 4 rings (SSSR count). The summed E-state index contributed by atoms with van der Waals surface area (Å²) in [5.74, 6) is -3.26. The molecule has 0 aromatic heterocycles. The van der Waals surface area contributed by atoms with Crippen molar-refractivity contribution in [2.75, 3.05) is 39.9 Å². The fourth-order valence-electron chi connectivity index (χ4n) is 5.11. The van der Waals surface area contributed by atoms with Crippen molar-refractivity contribution in [3.05, 3.63) is 71.3 Å². The first-order chi connectivity index (χ1) is 18.7. The molecule has 0 radical (unpaired) electrons. The Hall–Kier alpha value is -3.41. The molecule has 11 heteroatoms. The molecule has 2 aromatic rings. The van der Waals surface area contributed by atoms with Crippen LogP contribution in [0.15, 0.2) is 48.5 Å². The number of nitrogens with one attached hydrogen (secondary N) is 2. The van der Waals surface area contributed by atoms with Crippen LogP contribution < -0.4 is 10.6 Å². The molecule has 1 unspecified atom stereocenters. The zero-order valence-electron chi connectivity index (χ0n) is 21.8. The summed E-state index contributed by atoms with van der Waals surface area (Å²) in [6.07, 6.45) is -1.54. The number of nitrogens with zero attached hydrogens (tertiary/aromatic N) is 2. The molecule has 3 N–H and O–H groups in total. The highest BCUT2D eigenvalue weighted by Gasteiger charge is 2.40. The zero-order valence-corrected chi connectivity index (χ0v) is 21.8. The third-order valence-electron chi connectivity index (χ3n) is 7.15. The smallest absolute Gasteiger partial charge is 0.242 e. The largest absolute Gasteiger partial charge is 0.389 e. The second-order valence-corrected chi connectivity index (χ2v) is 10.00. The topological polar surface area (TPSA) is 111 Å². The number of ether oxygens (including phenoxy) is 1. The van der Waals surface area contributed by atoms with E-state index in [-0.39, 0.29) is 36.8 Å². The highest BCUT2D eigenvalue weighted by atomic mass is 19.1. The molecule has 2 aliphatic heterocycles. The normalized spacial score (nSPS) is 21.2. The summed E-state index contributed by atoms with van der Waals surface area (Å²) in [5, 5.41) is 17.2. The van der Waals surface area contributed by atoms with Gasteiger partial charge < -0.3 is 30.3 Å². The molecular weight excluding hydrogens is 510 g/mol. The minimum Gasteiger partial charge on any atom is -0.389 e. The van der Waals surface area contributed by atoms with Crippen LogP contribution in [0.2, 0.25) is 0 Å². The second kappa shape index (κ2) is 13.1. The fraction of sp³-hybridized carbons (Fsp3) is 0.464. The maximum atomic E-state index is 13.9. The Bertz CT molecular complexity index is 1150. The highest BCUT2D eigenvalue weighted by Crippen LogP contribution is 2.21. The van der Waals surface area contributed by atoms with Crippen LogP contribution in [0.3, 0.4) is 0 Å². The fourth-order valence-corrected chi connectivity index (χ4v) is 5.11. The van der Waals surface area contributed by atoms with Crippen LogP contribution in [-0.2, 0) is 32.1 Å². The van der Waals surface area contributed by atoms with Crippen molar-refractivity contribution in [2.24, 2.45) is 5.92 Å². The van der Waals surface area contributed by atoms with E-state index in [0.29, 0.717) is 32.8 Å². The van der Waals surface area contributed by atoms with Crippen LogP contribution in [0.5, 0.6) is 0 Å². The molecule has 4 atom stereocenters. The number of hydrogen-bond donors (Lipinski definition) is 3. The van der Waals surface area contributed by atoms with Crippen molar-refractivity contribution in [3.8, 4) is 0 Å². The Kier molecular flexibility index (Phi) is 9.60. The van der Waals surface area contributed by atoms with E-state index >= 15 is 0 Å². The van der Waals surface area contributed by atoms with E-state index in [1.54, 1.807) is 4.90 Å². The minimum atomic E-state index is -1.41. The van der Waals surface area contributed by atoms with Gasteiger partial charge in [0.15, 0.2) is 0 Å². The summed E-state index contributed by atoms with van der Waals surface area (Å²) in [6.45, 7) is 2.09. The van der Waals surface area contributed by atoms with Crippen molar-refractivity contribution < 1.29 is 33.0 Å². The van der Waals surface area contributed by atoms with Crippen molar-refractivity contribution in [3.63, 3.8) is 0 Å². The Morgan fingerprint density at radius 3 is 2.54 bits per heavy atom. The number of benzene rings is 2. The lowest BCUT2D eigenvalue weighted by Crippen LogP contribution is -2.64. The number of carbonyl (C=O) groups excluding carboxylic acids is 3. The van der Waals surface area contributed by atoms with Gasteiger partial charge in [-0.05, 0) is 29.7 Å². The number of aliphatic hydroxyl groups is 1. The quantitative estimate of drug-likeness (QED) is 0.387. The van der Waals surface area contributed by atoms with E-state index in [0.717, 1.165) is 23.8 Å². The van der Waals surface area contributed by atoms with Crippen molar-refractivity contribution in [1.29, 1.82) is 0 Å². The molecule has 9 nitrogen and oxygen atoms in total. The summed E-state index contributed by atoms with van der Waals surface area (Å²) in [6, 6.07) is 10.3. The lowest BCUT2D eigenvalue weighted by Gasteiger charge is -2.38. The second-order valence-electron chi connectivity index (χ2n) is 10.00. The van der Waals surface area contributed by atoms with Crippen LogP contribution in [0.25, 0.3) is 0 Å². The lowest BCUT2D eigenvalue weighted by atomic mass is 9.93. The first kappa shape index (κ1) is 28.6. The van der Waals surface area contributed by atoms with Gasteiger partial charge in [0, 0.05) is 52.3 Å². The molecule has 0 aliphatic carbocycles. The van der Waals surface area contributed by atoms with Gasteiger partial charge in [-0.2, -0.15) is 0 Å². The Morgan fingerprint density at radius 1 is 1.13 bits per heavy atom. The summed E-state index contributed by atoms with van der Waals surface area (Å²) < 4.78 is 32.9.